The molecule has 3 atom stereocenters. The lowest BCUT2D eigenvalue weighted by atomic mass is 9.78. The first kappa shape index (κ1) is 20.4. The molecule has 164 valence electrons. The normalized spacial score (nSPS) is 43.2. The minimum atomic E-state index is -0.0276. The summed E-state index contributed by atoms with van der Waals surface area (Å²) in [7, 11) is 0. The molecular weight excluding hydrogens is 364 g/mol. The van der Waals surface area contributed by atoms with Crippen molar-refractivity contribution in [1.29, 1.82) is 0 Å². The van der Waals surface area contributed by atoms with E-state index in [1.165, 1.54) is 57.3 Å². The number of likely N-dealkylation sites (tertiary alicyclic amines) is 1. The molecule has 1 saturated carbocycles. The number of epoxide rings is 2. The highest BCUT2D eigenvalue weighted by molar-refractivity contribution is 5.22. The Balaban J connectivity index is 1.01. The van der Waals surface area contributed by atoms with Crippen LogP contribution in [0.4, 0.5) is 0 Å². The van der Waals surface area contributed by atoms with Crippen LogP contribution in [0.3, 0.4) is 0 Å². The third-order valence-electron chi connectivity index (χ3n) is 8.27. The van der Waals surface area contributed by atoms with Gasteiger partial charge in [0.15, 0.2) is 0 Å². The number of nitrogens with zero attached hydrogens (tertiary/aromatic N) is 2. The standard InChI is InChI=1S/C24H40N2O3/c1-18(2)4-5-21-23(3,28-21)22-24(29-22)9-6-20(7-10-24)26-16-19(17-26)8-11-25-12-14-27-15-13-25/h4,19-22H,5-17H2,1-3H3/t20?,21-,22?,23-,24?/m1/s1. The maximum atomic E-state index is 6.34. The third kappa shape index (κ3) is 4.18. The molecule has 5 aliphatic rings. The van der Waals surface area contributed by atoms with Crippen molar-refractivity contribution < 1.29 is 14.2 Å². The van der Waals surface area contributed by atoms with Crippen molar-refractivity contribution in [2.45, 2.75) is 88.7 Å². The van der Waals surface area contributed by atoms with E-state index >= 15 is 0 Å². The van der Waals surface area contributed by atoms with Crippen LogP contribution in [-0.4, -0.2) is 85.2 Å². The SMILES string of the molecule is CC(C)=CC[C@H]1O[C@@]1(C)C1OC12CCC(N1CC(CCN3CCOCC3)C1)CC2. The van der Waals surface area contributed by atoms with Crippen LogP contribution in [0.5, 0.6) is 0 Å². The first-order chi connectivity index (χ1) is 14.0. The van der Waals surface area contributed by atoms with Crippen molar-refractivity contribution >= 4 is 0 Å². The highest BCUT2D eigenvalue weighted by Gasteiger charge is 2.73. The van der Waals surface area contributed by atoms with Crippen molar-refractivity contribution in [1.82, 2.24) is 9.80 Å². The molecule has 0 radical (unpaired) electrons. The molecule has 1 spiro atoms. The lowest BCUT2D eigenvalue weighted by molar-refractivity contribution is 0.00364. The van der Waals surface area contributed by atoms with E-state index in [1.807, 2.05) is 0 Å². The van der Waals surface area contributed by atoms with Crippen LogP contribution in [-0.2, 0) is 14.2 Å². The first-order valence-corrected chi connectivity index (χ1v) is 12.0. The second kappa shape index (κ2) is 7.90. The highest BCUT2D eigenvalue weighted by atomic mass is 16.7. The van der Waals surface area contributed by atoms with E-state index < -0.39 is 0 Å². The number of rotatable bonds is 7. The van der Waals surface area contributed by atoms with Gasteiger partial charge in [-0.3, -0.25) is 9.80 Å². The van der Waals surface area contributed by atoms with E-state index in [1.54, 1.807) is 0 Å². The van der Waals surface area contributed by atoms with Crippen LogP contribution < -0.4 is 0 Å². The quantitative estimate of drug-likeness (QED) is 0.481. The lowest BCUT2D eigenvalue weighted by Crippen LogP contribution is -2.54. The predicted molar refractivity (Wildman–Crippen MR) is 114 cm³/mol. The second-order valence-corrected chi connectivity index (χ2v) is 10.7. The van der Waals surface area contributed by atoms with E-state index in [0.717, 1.165) is 44.7 Å². The molecule has 5 fully saturated rings. The Morgan fingerprint density at radius 1 is 1.07 bits per heavy atom. The van der Waals surface area contributed by atoms with Gasteiger partial charge >= 0.3 is 0 Å². The molecule has 0 N–H and O–H groups in total. The van der Waals surface area contributed by atoms with Crippen LogP contribution >= 0.6 is 0 Å². The molecule has 5 heteroatoms. The van der Waals surface area contributed by atoms with Crippen LogP contribution in [0.1, 0.15) is 59.3 Å². The maximum Gasteiger partial charge on any atom is 0.121 e. The molecule has 4 heterocycles. The Bertz CT molecular complexity index is 614. The molecule has 1 unspecified atom stereocenters. The summed E-state index contributed by atoms with van der Waals surface area (Å²) in [6, 6.07) is 0.791. The van der Waals surface area contributed by atoms with E-state index in [9.17, 15) is 0 Å². The molecule has 5 rings (SSSR count). The fraction of sp³-hybridized carbons (Fsp3) is 0.917. The molecule has 29 heavy (non-hydrogen) atoms. The minimum absolute atomic E-state index is 0.0276. The van der Waals surface area contributed by atoms with E-state index in [-0.39, 0.29) is 11.2 Å². The topological polar surface area (TPSA) is 40.8 Å². The molecule has 0 bridgehead atoms. The number of morpholine rings is 1. The Labute approximate surface area is 176 Å². The highest BCUT2D eigenvalue weighted by Crippen LogP contribution is 2.60. The van der Waals surface area contributed by atoms with Crippen LogP contribution in [0, 0.1) is 5.92 Å². The third-order valence-corrected chi connectivity index (χ3v) is 8.27. The van der Waals surface area contributed by atoms with E-state index in [0.29, 0.717) is 12.2 Å². The Kier molecular flexibility index (Phi) is 5.57. The van der Waals surface area contributed by atoms with Gasteiger partial charge in [-0.1, -0.05) is 11.6 Å². The van der Waals surface area contributed by atoms with E-state index in [2.05, 4.69) is 36.6 Å². The van der Waals surface area contributed by atoms with Crippen molar-refractivity contribution in [3.8, 4) is 0 Å². The molecule has 0 aromatic rings. The molecule has 5 nitrogen and oxygen atoms in total. The van der Waals surface area contributed by atoms with Crippen LogP contribution in [0.25, 0.3) is 0 Å². The van der Waals surface area contributed by atoms with Gasteiger partial charge in [-0.15, -0.1) is 0 Å². The predicted octanol–water partition coefficient (Wildman–Crippen LogP) is 3.23. The largest absolute Gasteiger partial charge is 0.379 e. The van der Waals surface area contributed by atoms with Gasteiger partial charge < -0.3 is 14.2 Å². The average molecular weight is 405 g/mol. The minimum Gasteiger partial charge on any atom is -0.379 e. The Hall–Kier alpha value is -0.460. The average Bonchev–Trinajstić information content (AvgIpc) is 3.57. The van der Waals surface area contributed by atoms with Gasteiger partial charge in [0, 0.05) is 32.2 Å². The van der Waals surface area contributed by atoms with Crippen molar-refractivity contribution in [2.24, 2.45) is 5.92 Å². The summed E-state index contributed by atoms with van der Waals surface area (Å²) in [5.74, 6) is 0.910. The van der Waals surface area contributed by atoms with Gasteiger partial charge in [-0.25, -0.2) is 0 Å². The summed E-state index contributed by atoms with van der Waals surface area (Å²) in [4.78, 5) is 5.33. The number of ether oxygens (including phenoxy) is 3. The monoisotopic (exact) mass is 404 g/mol. The number of hydrogen-bond donors (Lipinski definition) is 0. The zero-order valence-corrected chi connectivity index (χ0v) is 18.7. The van der Waals surface area contributed by atoms with Crippen molar-refractivity contribution in [3.63, 3.8) is 0 Å². The summed E-state index contributed by atoms with van der Waals surface area (Å²) in [6.07, 6.45) is 10.5. The van der Waals surface area contributed by atoms with Gasteiger partial charge in [0.2, 0.25) is 0 Å². The van der Waals surface area contributed by atoms with Gasteiger partial charge in [-0.2, -0.15) is 0 Å². The lowest BCUT2D eigenvalue weighted by Gasteiger charge is -2.47. The number of allylic oxidation sites excluding steroid dienone is 1. The van der Waals surface area contributed by atoms with Gasteiger partial charge in [-0.05, 0) is 71.8 Å². The van der Waals surface area contributed by atoms with Crippen molar-refractivity contribution in [3.05, 3.63) is 11.6 Å². The van der Waals surface area contributed by atoms with Crippen LogP contribution in [0.15, 0.2) is 11.6 Å². The summed E-state index contributed by atoms with van der Waals surface area (Å²) >= 11 is 0. The zero-order valence-electron chi connectivity index (χ0n) is 18.7. The summed E-state index contributed by atoms with van der Waals surface area (Å²) in [5.41, 5.74) is 1.50. The van der Waals surface area contributed by atoms with Gasteiger partial charge in [0.25, 0.3) is 0 Å². The molecule has 0 aromatic carbocycles. The fourth-order valence-electron chi connectivity index (χ4n) is 6.08. The van der Waals surface area contributed by atoms with Crippen molar-refractivity contribution in [2.75, 3.05) is 45.9 Å². The molecule has 4 saturated heterocycles. The smallest absolute Gasteiger partial charge is 0.121 e. The molecule has 0 aromatic heterocycles. The number of hydrogen-bond acceptors (Lipinski definition) is 5. The summed E-state index contributed by atoms with van der Waals surface area (Å²) in [6.45, 7) is 14.6. The molecule has 1 aliphatic carbocycles. The zero-order chi connectivity index (χ0) is 20.1. The molecule has 4 aliphatic heterocycles. The maximum absolute atomic E-state index is 6.34. The Morgan fingerprint density at radius 2 is 1.79 bits per heavy atom. The van der Waals surface area contributed by atoms with Gasteiger partial charge in [0.1, 0.15) is 11.7 Å². The molecule has 0 amide bonds. The van der Waals surface area contributed by atoms with Crippen LogP contribution in [0.2, 0.25) is 0 Å². The first-order valence-electron chi connectivity index (χ1n) is 12.0. The second-order valence-electron chi connectivity index (χ2n) is 10.7. The van der Waals surface area contributed by atoms with Gasteiger partial charge in [0.05, 0.1) is 24.9 Å². The summed E-state index contributed by atoms with van der Waals surface area (Å²) < 4.78 is 17.9. The fourth-order valence-corrected chi connectivity index (χ4v) is 6.08. The van der Waals surface area contributed by atoms with E-state index in [4.69, 9.17) is 14.2 Å². The Morgan fingerprint density at radius 3 is 2.48 bits per heavy atom. The molecular formula is C24H40N2O3. The summed E-state index contributed by atoms with van der Waals surface area (Å²) in [5, 5.41) is 0.